The second-order valence-electron chi connectivity index (χ2n) is 6.58. The lowest BCUT2D eigenvalue weighted by atomic mass is 10.1. The molecule has 1 amide bonds. The van der Waals surface area contributed by atoms with Gasteiger partial charge in [-0.05, 0) is 29.8 Å². The summed E-state index contributed by atoms with van der Waals surface area (Å²) in [7, 11) is -1.04. The van der Waals surface area contributed by atoms with Gasteiger partial charge in [0, 0.05) is 37.8 Å². The van der Waals surface area contributed by atoms with E-state index in [-0.39, 0.29) is 53.9 Å². The summed E-state index contributed by atoms with van der Waals surface area (Å²) in [6.45, 7) is 0.517. The van der Waals surface area contributed by atoms with E-state index in [1.54, 1.807) is 6.07 Å². The molecule has 10 heteroatoms. The van der Waals surface area contributed by atoms with E-state index < -0.39 is 16.0 Å². The third kappa shape index (κ3) is 4.24. The number of nitrogens with zero attached hydrogens (tertiary/aromatic N) is 2. The molecule has 0 bridgehead atoms. The quantitative estimate of drug-likeness (QED) is 0.639. The molecule has 0 atom stereocenters. The molecular weight excluding hydrogens is 412 g/mol. The smallest absolute Gasteiger partial charge is 0.253 e. The summed E-state index contributed by atoms with van der Waals surface area (Å²) in [6.07, 6.45) is 0. The zero-order chi connectivity index (χ0) is 21.9. The van der Waals surface area contributed by atoms with E-state index in [9.17, 15) is 23.1 Å². The van der Waals surface area contributed by atoms with Crippen LogP contribution < -0.4 is 14.6 Å². The number of carbonyl (C=O) groups is 2. The minimum absolute atomic E-state index is 0.00853. The first-order valence-corrected chi connectivity index (χ1v) is 10.5. The van der Waals surface area contributed by atoms with E-state index in [4.69, 9.17) is 9.47 Å². The van der Waals surface area contributed by atoms with Crippen molar-refractivity contribution in [1.29, 1.82) is 0 Å². The van der Waals surface area contributed by atoms with Crippen LogP contribution in [0.1, 0.15) is 20.7 Å². The van der Waals surface area contributed by atoms with E-state index in [1.165, 1.54) is 59.8 Å². The number of carboxylic acids is 1. The van der Waals surface area contributed by atoms with Gasteiger partial charge in [-0.25, -0.2) is 8.42 Å². The van der Waals surface area contributed by atoms with Crippen molar-refractivity contribution in [3.8, 4) is 11.5 Å². The Balaban J connectivity index is 1.76. The second kappa shape index (κ2) is 8.72. The molecule has 30 heavy (non-hydrogen) atoms. The third-order valence-corrected chi connectivity index (χ3v) is 6.78. The van der Waals surface area contributed by atoms with Crippen LogP contribution >= 0.6 is 0 Å². The Labute approximate surface area is 174 Å². The normalized spacial score (nSPS) is 14.9. The number of carboxylic acid groups (broad SMARTS) is 1. The van der Waals surface area contributed by atoms with Crippen LogP contribution in [0.5, 0.6) is 11.5 Å². The number of sulfonamides is 1. The number of benzene rings is 2. The van der Waals surface area contributed by atoms with Gasteiger partial charge in [0.2, 0.25) is 10.0 Å². The highest BCUT2D eigenvalue weighted by Gasteiger charge is 2.32. The lowest BCUT2D eigenvalue weighted by Gasteiger charge is -2.34. The Bertz CT molecular complexity index is 1060. The molecule has 0 aliphatic carbocycles. The summed E-state index contributed by atoms with van der Waals surface area (Å²) in [6, 6.07) is 10.1. The van der Waals surface area contributed by atoms with E-state index in [2.05, 4.69) is 0 Å². The molecule has 3 rings (SSSR count). The van der Waals surface area contributed by atoms with E-state index in [0.717, 1.165) is 0 Å². The van der Waals surface area contributed by atoms with Crippen LogP contribution in [0.15, 0.2) is 47.4 Å². The monoisotopic (exact) mass is 433 g/mol. The molecule has 0 spiro atoms. The van der Waals surface area contributed by atoms with Gasteiger partial charge in [-0.3, -0.25) is 4.79 Å². The van der Waals surface area contributed by atoms with Crippen LogP contribution in [-0.2, 0) is 10.0 Å². The highest BCUT2D eigenvalue weighted by atomic mass is 32.2. The molecule has 0 radical (unpaired) electrons. The van der Waals surface area contributed by atoms with Crippen LogP contribution in [0.4, 0.5) is 0 Å². The van der Waals surface area contributed by atoms with Gasteiger partial charge in [0.25, 0.3) is 5.91 Å². The molecule has 0 N–H and O–H groups in total. The predicted molar refractivity (Wildman–Crippen MR) is 105 cm³/mol. The van der Waals surface area contributed by atoms with Crippen molar-refractivity contribution in [2.24, 2.45) is 0 Å². The van der Waals surface area contributed by atoms with Gasteiger partial charge < -0.3 is 24.3 Å². The second-order valence-corrected chi connectivity index (χ2v) is 8.49. The molecule has 1 heterocycles. The third-order valence-electron chi connectivity index (χ3n) is 4.86. The Morgan fingerprint density at radius 2 is 1.60 bits per heavy atom. The van der Waals surface area contributed by atoms with Crippen molar-refractivity contribution in [3.05, 3.63) is 53.6 Å². The van der Waals surface area contributed by atoms with Crippen molar-refractivity contribution in [2.45, 2.75) is 4.90 Å². The highest BCUT2D eigenvalue weighted by molar-refractivity contribution is 7.89. The van der Waals surface area contributed by atoms with Crippen LogP contribution in [-0.4, -0.2) is 69.9 Å². The number of hydrogen-bond acceptors (Lipinski definition) is 7. The minimum atomic E-state index is -3.86. The van der Waals surface area contributed by atoms with Gasteiger partial charge in [-0.15, -0.1) is 0 Å². The molecule has 1 saturated heterocycles. The lowest BCUT2D eigenvalue weighted by molar-refractivity contribution is -0.255. The Hall–Kier alpha value is -3.11. The van der Waals surface area contributed by atoms with Crippen LogP contribution in [0.25, 0.3) is 0 Å². The van der Waals surface area contributed by atoms with Gasteiger partial charge in [0.15, 0.2) is 0 Å². The van der Waals surface area contributed by atoms with Crippen LogP contribution in [0, 0.1) is 0 Å². The Kier molecular flexibility index (Phi) is 6.28. The maximum Gasteiger partial charge on any atom is 0.253 e. The highest BCUT2D eigenvalue weighted by Crippen LogP contribution is 2.31. The predicted octanol–water partition coefficient (Wildman–Crippen LogP) is 0.214. The fourth-order valence-electron chi connectivity index (χ4n) is 3.22. The summed E-state index contributed by atoms with van der Waals surface area (Å²) in [4.78, 5) is 25.2. The summed E-state index contributed by atoms with van der Waals surface area (Å²) >= 11 is 0. The molecule has 0 saturated carbocycles. The van der Waals surface area contributed by atoms with E-state index >= 15 is 0 Å². The first kappa shape index (κ1) is 21.6. The SMILES string of the molecule is COc1ccc(OC)c(S(=O)(=O)N2CCN(C(=O)c3cccc(C(=O)[O-])c3)CC2)c1. The Morgan fingerprint density at radius 3 is 2.20 bits per heavy atom. The number of hydrogen-bond donors (Lipinski definition) is 0. The number of amides is 1. The van der Waals surface area contributed by atoms with Crippen molar-refractivity contribution < 1.29 is 32.6 Å². The van der Waals surface area contributed by atoms with Gasteiger partial charge in [0.05, 0.1) is 20.2 Å². The van der Waals surface area contributed by atoms with Crippen LogP contribution in [0.2, 0.25) is 0 Å². The standard InChI is InChI=1S/C20H22N2O7S/c1-28-16-6-7-17(29-2)18(13-16)30(26,27)22-10-8-21(9-11-22)19(23)14-4-3-5-15(12-14)20(24)25/h3-7,12-13H,8-11H2,1-2H3,(H,24,25)/p-1. The average Bonchev–Trinajstić information content (AvgIpc) is 2.78. The fraction of sp³-hybridized carbons (Fsp3) is 0.300. The molecule has 1 fully saturated rings. The molecular formula is C20H21N2O7S-. The molecule has 2 aromatic carbocycles. The van der Waals surface area contributed by atoms with Crippen molar-refractivity contribution in [2.75, 3.05) is 40.4 Å². The minimum Gasteiger partial charge on any atom is -0.545 e. The number of ether oxygens (including phenoxy) is 2. The van der Waals surface area contributed by atoms with Crippen molar-refractivity contribution in [3.63, 3.8) is 0 Å². The first-order chi connectivity index (χ1) is 14.3. The topological polar surface area (TPSA) is 116 Å². The molecule has 1 aliphatic rings. The molecule has 2 aromatic rings. The zero-order valence-corrected chi connectivity index (χ0v) is 17.3. The number of methoxy groups -OCH3 is 2. The van der Waals surface area contributed by atoms with Crippen LogP contribution in [0.3, 0.4) is 0 Å². The first-order valence-electron chi connectivity index (χ1n) is 9.11. The van der Waals surface area contributed by atoms with Gasteiger partial charge in [-0.2, -0.15) is 4.31 Å². The fourth-order valence-corrected chi connectivity index (χ4v) is 4.81. The van der Waals surface area contributed by atoms with Crippen molar-refractivity contribution in [1.82, 2.24) is 9.21 Å². The van der Waals surface area contributed by atoms with E-state index in [0.29, 0.717) is 5.75 Å². The number of aromatic carboxylic acids is 1. The van der Waals surface area contributed by atoms with E-state index in [1.807, 2.05) is 0 Å². The molecule has 9 nitrogen and oxygen atoms in total. The van der Waals surface area contributed by atoms with Gasteiger partial charge in [-0.1, -0.05) is 12.1 Å². The Morgan fingerprint density at radius 1 is 0.933 bits per heavy atom. The zero-order valence-electron chi connectivity index (χ0n) is 16.5. The summed E-state index contributed by atoms with van der Waals surface area (Å²) < 4.78 is 37.8. The largest absolute Gasteiger partial charge is 0.545 e. The average molecular weight is 433 g/mol. The number of piperazine rings is 1. The maximum atomic E-state index is 13.1. The van der Waals surface area contributed by atoms with Gasteiger partial charge in [0.1, 0.15) is 16.4 Å². The number of carbonyl (C=O) groups excluding carboxylic acids is 2. The summed E-state index contributed by atoms with van der Waals surface area (Å²) in [5, 5.41) is 11.0. The summed E-state index contributed by atoms with van der Waals surface area (Å²) in [5.74, 6) is -1.15. The maximum absolute atomic E-state index is 13.1. The molecule has 1 aliphatic heterocycles. The van der Waals surface area contributed by atoms with Crippen molar-refractivity contribution >= 4 is 21.9 Å². The molecule has 0 aromatic heterocycles. The lowest BCUT2D eigenvalue weighted by Crippen LogP contribution is -2.50. The summed E-state index contributed by atoms with van der Waals surface area (Å²) in [5.41, 5.74) is 0.120. The molecule has 160 valence electrons. The number of rotatable bonds is 6. The molecule has 0 unspecified atom stereocenters. The van der Waals surface area contributed by atoms with Gasteiger partial charge >= 0.3 is 0 Å².